The van der Waals surface area contributed by atoms with E-state index in [9.17, 15) is 4.79 Å². The van der Waals surface area contributed by atoms with Crippen LogP contribution in [0.2, 0.25) is 0 Å². The van der Waals surface area contributed by atoms with Gasteiger partial charge in [0.1, 0.15) is 5.56 Å². The summed E-state index contributed by atoms with van der Waals surface area (Å²) in [6, 6.07) is 5.17. The summed E-state index contributed by atoms with van der Waals surface area (Å²) in [4.78, 5) is 13.1. The Morgan fingerprint density at radius 3 is 3.11 bits per heavy atom. The van der Waals surface area contributed by atoms with Gasteiger partial charge in [0.05, 0.1) is 11.2 Å². The number of carbonyl (C=O) groups is 1. The predicted molar refractivity (Wildman–Crippen MR) is 69.8 cm³/mol. The van der Waals surface area contributed by atoms with Crippen LogP contribution < -0.4 is 4.74 Å². The molecule has 0 fully saturated rings. The van der Waals surface area contributed by atoms with Crippen molar-refractivity contribution in [1.29, 1.82) is 0 Å². The van der Waals surface area contributed by atoms with Crippen LogP contribution >= 0.6 is 11.8 Å². The number of carboxylic acids is 1. The molecular weight excluding hydrogens is 248 g/mol. The number of hydrogen-bond acceptors (Lipinski definition) is 3. The lowest BCUT2D eigenvalue weighted by Gasteiger charge is -2.09. The Labute approximate surface area is 108 Å². The molecule has 2 aliphatic rings. The summed E-state index contributed by atoms with van der Waals surface area (Å²) in [5.74, 6) is -0.541. The number of para-hydroxylation sites is 1. The number of hydrogen-bond donors (Lipinski definition) is 1. The zero-order chi connectivity index (χ0) is 12.5. The van der Waals surface area contributed by atoms with Crippen molar-refractivity contribution in [1.82, 2.24) is 0 Å². The van der Waals surface area contributed by atoms with E-state index in [4.69, 9.17) is 9.84 Å². The molecule has 0 saturated carbocycles. The highest BCUT2D eigenvalue weighted by Gasteiger charge is 2.21. The molecule has 1 aromatic rings. The van der Waals surface area contributed by atoms with Crippen LogP contribution in [0.25, 0.3) is 0 Å². The molecule has 0 spiro atoms. The largest absolute Gasteiger partial charge is 0.478 e. The van der Waals surface area contributed by atoms with Crippen LogP contribution in [0.1, 0.15) is 16.8 Å². The number of rotatable bonds is 1. The van der Waals surface area contributed by atoms with Crippen molar-refractivity contribution in [2.45, 2.75) is 11.3 Å². The highest BCUT2D eigenvalue weighted by Crippen LogP contribution is 2.43. The zero-order valence-electron chi connectivity index (χ0n) is 9.42. The smallest absolute Gasteiger partial charge is 0.339 e. The van der Waals surface area contributed by atoms with Crippen molar-refractivity contribution < 1.29 is 14.6 Å². The molecule has 1 aliphatic carbocycles. The lowest BCUT2D eigenvalue weighted by Crippen LogP contribution is -2.00. The molecule has 0 amide bonds. The number of fused-ring (bicyclic) bond motifs is 2. The third-order valence-electron chi connectivity index (χ3n) is 2.79. The van der Waals surface area contributed by atoms with Crippen LogP contribution in [0.5, 0.6) is 5.75 Å². The Morgan fingerprint density at radius 1 is 1.39 bits per heavy atom. The van der Waals surface area contributed by atoms with Crippen molar-refractivity contribution >= 4 is 17.7 Å². The van der Waals surface area contributed by atoms with Crippen molar-refractivity contribution in [3.8, 4) is 5.75 Å². The maximum absolute atomic E-state index is 11.2. The molecule has 3 nitrogen and oxygen atoms in total. The molecule has 1 N–H and O–H groups in total. The van der Waals surface area contributed by atoms with E-state index in [1.54, 1.807) is 30.2 Å². The Bertz CT molecular complexity index is 611. The molecule has 0 saturated heterocycles. The summed E-state index contributed by atoms with van der Waals surface area (Å²) in [5.41, 5.74) is 1.28. The second-order valence-corrected chi connectivity index (χ2v) is 5.05. The molecule has 1 aliphatic heterocycles. The van der Waals surface area contributed by atoms with Gasteiger partial charge in [-0.05, 0) is 24.6 Å². The van der Waals surface area contributed by atoms with Gasteiger partial charge in [0.15, 0.2) is 5.75 Å². The average Bonchev–Trinajstić information content (AvgIpc) is 2.56. The second kappa shape index (κ2) is 4.38. The number of benzene rings is 1. The number of thioether (sulfide) groups is 1. The molecular formula is C14H10O3S. The first-order valence-corrected chi connectivity index (χ1v) is 6.34. The lowest BCUT2D eigenvalue weighted by atomic mass is 10.1. The molecule has 0 radical (unpaired) electrons. The molecule has 90 valence electrons. The van der Waals surface area contributed by atoms with E-state index in [-0.39, 0.29) is 5.56 Å². The Hall–Kier alpha value is -1.94. The predicted octanol–water partition coefficient (Wildman–Crippen LogP) is 3.60. The average molecular weight is 258 g/mol. The minimum atomic E-state index is -0.970. The maximum atomic E-state index is 11.2. The van der Waals surface area contributed by atoms with Crippen LogP contribution in [0.4, 0.5) is 0 Å². The van der Waals surface area contributed by atoms with Crippen molar-refractivity contribution in [3.63, 3.8) is 0 Å². The fraction of sp³-hybridized carbons (Fsp3) is 0.0714. The molecule has 0 atom stereocenters. The third-order valence-corrected chi connectivity index (χ3v) is 3.95. The zero-order valence-corrected chi connectivity index (χ0v) is 10.2. The Balaban J connectivity index is 2.11. The maximum Gasteiger partial charge on any atom is 0.339 e. The van der Waals surface area contributed by atoms with E-state index in [0.717, 1.165) is 21.8 Å². The van der Waals surface area contributed by atoms with Crippen LogP contribution in [0.15, 0.2) is 58.1 Å². The van der Waals surface area contributed by atoms with Crippen molar-refractivity contribution in [3.05, 3.63) is 58.7 Å². The van der Waals surface area contributed by atoms with E-state index in [2.05, 4.69) is 0 Å². The molecule has 0 bridgehead atoms. The van der Waals surface area contributed by atoms with Gasteiger partial charge in [-0.15, -0.1) is 0 Å². The van der Waals surface area contributed by atoms with E-state index in [0.29, 0.717) is 5.75 Å². The van der Waals surface area contributed by atoms with Gasteiger partial charge >= 0.3 is 5.97 Å². The minimum Gasteiger partial charge on any atom is -0.478 e. The van der Waals surface area contributed by atoms with Crippen LogP contribution in [-0.4, -0.2) is 11.1 Å². The highest BCUT2D eigenvalue weighted by atomic mass is 32.2. The van der Waals surface area contributed by atoms with E-state index >= 15 is 0 Å². The first kappa shape index (κ1) is 11.2. The van der Waals surface area contributed by atoms with Crippen LogP contribution in [0, 0.1) is 0 Å². The van der Waals surface area contributed by atoms with Gasteiger partial charge in [-0.2, -0.15) is 0 Å². The summed E-state index contributed by atoms with van der Waals surface area (Å²) in [6.07, 6.45) is 8.54. The van der Waals surface area contributed by atoms with Gasteiger partial charge in [0.2, 0.25) is 0 Å². The first-order chi connectivity index (χ1) is 8.75. The first-order valence-electron chi connectivity index (χ1n) is 5.53. The summed E-state index contributed by atoms with van der Waals surface area (Å²) in [7, 11) is 0. The van der Waals surface area contributed by atoms with E-state index in [1.165, 1.54) is 0 Å². The molecule has 3 rings (SSSR count). The highest BCUT2D eigenvalue weighted by molar-refractivity contribution is 8.03. The monoisotopic (exact) mass is 258 g/mol. The van der Waals surface area contributed by atoms with E-state index < -0.39 is 5.97 Å². The van der Waals surface area contributed by atoms with E-state index in [1.807, 2.05) is 24.3 Å². The second-order valence-electron chi connectivity index (χ2n) is 3.96. The van der Waals surface area contributed by atoms with Gasteiger partial charge in [-0.25, -0.2) is 4.79 Å². The van der Waals surface area contributed by atoms with Crippen LogP contribution in [0.3, 0.4) is 0 Å². The van der Waals surface area contributed by atoms with Gasteiger partial charge in [0, 0.05) is 10.5 Å². The fourth-order valence-corrected chi connectivity index (χ4v) is 2.94. The number of allylic oxidation sites excluding steroid dienone is 4. The Kier molecular flexibility index (Phi) is 2.72. The molecule has 1 heterocycles. The molecule has 0 aromatic heterocycles. The van der Waals surface area contributed by atoms with Crippen LogP contribution in [-0.2, 0) is 0 Å². The van der Waals surface area contributed by atoms with Gasteiger partial charge in [-0.1, -0.05) is 30.0 Å². The summed E-state index contributed by atoms with van der Waals surface area (Å²) in [6.45, 7) is 0. The molecule has 4 heteroatoms. The minimum absolute atomic E-state index is 0.198. The van der Waals surface area contributed by atoms with Gasteiger partial charge in [-0.3, -0.25) is 0 Å². The number of aromatic carboxylic acids is 1. The van der Waals surface area contributed by atoms with Gasteiger partial charge < -0.3 is 9.84 Å². The number of ether oxygens (including phenoxy) is 1. The van der Waals surface area contributed by atoms with Crippen molar-refractivity contribution in [2.24, 2.45) is 0 Å². The molecule has 0 unspecified atom stereocenters. The SMILES string of the molecule is O=C(O)c1cccc2c1OC=C1CC=CC=C1S2. The number of carboxylic acid groups (broad SMARTS) is 1. The summed E-state index contributed by atoms with van der Waals surface area (Å²) in [5, 5.41) is 9.15. The molecule has 1 aromatic carbocycles. The lowest BCUT2D eigenvalue weighted by molar-refractivity contribution is 0.0693. The summed E-state index contributed by atoms with van der Waals surface area (Å²) < 4.78 is 5.57. The standard InChI is InChI=1S/C14H10O3S/c15-14(16)10-5-3-7-12-13(10)17-8-9-4-1-2-6-11(9)18-12/h1-3,5-8H,4H2,(H,15,16). The topological polar surface area (TPSA) is 46.5 Å². The molecule has 18 heavy (non-hydrogen) atoms. The van der Waals surface area contributed by atoms with Gasteiger partial charge in [0.25, 0.3) is 0 Å². The Morgan fingerprint density at radius 2 is 2.28 bits per heavy atom. The third kappa shape index (κ3) is 1.84. The summed E-state index contributed by atoms with van der Waals surface area (Å²) >= 11 is 1.55. The fourth-order valence-electron chi connectivity index (χ4n) is 1.90. The normalized spacial score (nSPS) is 16.7. The van der Waals surface area contributed by atoms with Crippen molar-refractivity contribution in [2.75, 3.05) is 0 Å². The quantitative estimate of drug-likeness (QED) is 0.836.